The van der Waals surface area contributed by atoms with Crippen LogP contribution in [0.15, 0.2) is 11.1 Å². The van der Waals surface area contributed by atoms with Gasteiger partial charge in [0.1, 0.15) is 11.6 Å². The molecule has 21 heavy (non-hydrogen) atoms. The van der Waals surface area contributed by atoms with Gasteiger partial charge in [0.15, 0.2) is 0 Å². The van der Waals surface area contributed by atoms with Gasteiger partial charge in [-0.05, 0) is 55.8 Å². The molecule has 4 atom stereocenters. The lowest BCUT2D eigenvalue weighted by molar-refractivity contribution is -0.126. The predicted molar refractivity (Wildman–Crippen MR) is 81.8 cm³/mol. The number of carbonyl (C=O) groups is 2. The van der Waals surface area contributed by atoms with Gasteiger partial charge in [0.2, 0.25) is 0 Å². The molecule has 0 aromatic carbocycles. The van der Waals surface area contributed by atoms with Crippen LogP contribution in [0.1, 0.15) is 71.6 Å². The Hall–Kier alpha value is -0.920. The van der Waals surface area contributed by atoms with Gasteiger partial charge in [-0.25, -0.2) is 0 Å². The van der Waals surface area contributed by atoms with E-state index >= 15 is 0 Å². The van der Waals surface area contributed by atoms with Crippen molar-refractivity contribution in [2.45, 2.75) is 71.6 Å². The molecule has 0 unspecified atom stereocenters. The molecule has 0 aromatic rings. The normalized spacial score (nSPS) is 46.2. The highest BCUT2D eigenvalue weighted by molar-refractivity contribution is 5.88. The zero-order valence-electron chi connectivity index (χ0n) is 13.3. The van der Waals surface area contributed by atoms with Crippen molar-refractivity contribution < 1.29 is 9.59 Å². The second-order valence-corrected chi connectivity index (χ2v) is 8.44. The van der Waals surface area contributed by atoms with E-state index in [0.717, 1.165) is 57.8 Å². The van der Waals surface area contributed by atoms with Crippen molar-refractivity contribution in [2.24, 2.45) is 22.7 Å². The molecule has 0 aliphatic heterocycles. The van der Waals surface area contributed by atoms with E-state index in [9.17, 15) is 9.59 Å². The molecular formula is C19H26O2. The molecule has 2 saturated carbocycles. The van der Waals surface area contributed by atoms with E-state index < -0.39 is 0 Å². The topological polar surface area (TPSA) is 34.1 Å². The molecule has 4 aliphatic carbocycles. The monoisotopic (exact) mass is 286 g/mol. The van der Waals surface area contributed by atoms with E-state index in [-0.39, 0.29) is 10.8 Å². The van der Waals surface area contributed by atoms with Crippen molar-refractivity contribution in [3.63, 3.8) is 0 Å². The summed E-state index contributed by atoms with van der Waals surface area (Å²) in [6.45, 7) is 4.56. The molecule has 0 bridgehead atoms. The van der Waals surface area contributed by atoms with E-state index in [0.29, 0.717) is 23.4 Å². The van der Waals surface area contributed by atoms with E-state index in [1.807, 2.05) is 0 Å². The minimum Gasteiger partial charge on any atom is -0.300 e. The first-order chi connectivity index (χ1) is 9.94. The number of allylic oxidation sites excluding steroid dienone is 2. The second-order valence-electron chi connectivity index (χ2n) is 8.44. The first kappa shape index (κ1) is 13.7. The smallest absolute Gasteiger partial charge is 0.139 e. The lowest BCUT2D eigenvalue weighted by Crippen LogP contribution is -2.43. The number of rotatable bonds is 0. The van der Waals surface area contributed by atoms with Gasteiger partial charge in [-0.15, -0.1) is 0 Å². The molecule has 0 aromatic heterocycles. The molecule has 0 radical (unpaired) electrons. The highest BCUT2D eigenvalue weighted by atomic mass is 16.1. The number of hydrogen-bond donors (Lipinski definition) is 0. The van der Waals surface area contributed by atoms with Crippen molar-refractivity contribution in [1.29, 1.82) is 0 Å². The summed E-state index contributed by atoms with van der Waals surface area (Å²) < 4.78 is 0. The molecule has 0 heterocycles. The third-order valence-electron chi connectivity index (χ3n) is 7.35. The second kappa shape index (κ2) is 4.30. The number of carbonyl (C=O) groups excluding carboxylic acids is 2. The Labute approximate surface area is 127 Å². The Morgan fingerprint density at radius 2 is 1.52 bits per heavy atom. The van der Waals surface area contributed by atoms with Crippen LogP contribution in [0.2, 0.25) is 0 Å². The Kier molecular flexibility index (Phi) is 2.81. The Bertz CT molecular complexity index is 558. The SMILES string of the molecule is C[C@]12CCC3=C(CC[C@]4(C)C(=O)CC[C@H]34)[C@@H]1CCC(=O)C2. The summed E-state index contributed by atoms with van der Waals surface area (Å²) >= 11 is 0. The van der Waals surface area contributed by atoms with Gasteiger partial charge in [0.05, 0.1) is 0 Å². The minimum atomic E-state index is -0.0585. The fourth-order valence-electron chi connectivity index (χ4n) is 6.05. The standard InChI is InChI=1S/C19H26O2/c1-18-9-7-14-13(15(18)4-3-12(20)11-18)8-10-19(2)16(14)5-6-17(19)21/h15-16H,3-11H2,1-2H3/t15-,16+,18+,19-/m0/s1. The number of Topliss-reactive ketones (excluding diaryl/α,β-unsaturated/α-hetero) is 2. The zero-order valence-corrected chi connectivity index (χ0v) is 13.3. The zero-order chi connectivity index (χ0) is 14.8. The fourth-order valence-corrected chi connectivity index (χ4v) is 6.05. The average molecular weight is 286 g/mol. The molecule has 0 saturated heterocycles. The van der Waals surface area contributed by atoms with Crippen molar-refractivity contribution in [3.8, 4) is 0 Å². The molecule has 2 fully saturated rings. The van der Waals surface area contributed by atoms with Gasteiger partial charge < -0.3 is 0 Å². The summed E-state index contributed by atoms with van der Waals surface area (Å²) in [5.41, 5.74) is 3.47. The highest BCUT2D eigenvalue weighted by Gasteiger charge is 2.54. The van der Waals surface area contributed by atoms with Crippen LogP contribution in [0.4, 0.5) is 0 Å². The van der Waals surface area contributed by atoms with Crippen LogP contribution >= 0.6 is 0 Å². The predicted octanol–water partition coefficient (Wildman–Crippen LogP) is 4.23. The maximum Gasteiger partial charge on any atom is 0.139 e. The average Bonchev–Trinajstić information content (AvgIpc) is 2.73. The van der Waals surface area contributed by atoms with Crippen molar-refractivity contribution in [2.75, 3.05) is 0 Å². The molecule has 0 spiro atoms. The summed E-state index contributed by atoms with van der Waals surface area (Å²) in [5.74, 6) is 2.12. The largest absolute Gasteiger partial charge is 0.300 e. The van der Waals surface area contributed by atoms with Crippen LogP contribution in [0, 0.1) is 22.7 Å². The van der Waals surface area contributed by atoms with E-state index in [4.69, 9.17) is 0 Å². The first-order valence-electron chi connectivity index (χ1n) is 8.71. The van der Waals surface area contributed by atoms with Crippen LogP contribution < -0.4 is 0 Å². The molecule has 114 valence electrons. The molecular weight excluding hydrogens is 260 g/mol. The summed E-state index contributed by atoms with van der Waals surface area (Å²) in [6.07, 6.45) is 8.96. The van der Waals surface area contributed by atoms with E-state index in [1.165, 1.54) is 0 Å². The van der Waals surface area contributed by atoms with Gasteiger partial charge in [-0.2, -0.15) is 0 Å². The molecule has 0 amide bonds. The fraction of sp³-hybridized carbons (Fsp3) is 0.789. The van der Waals surface area contributed by atoms with Gasteiger partial charge in [-0.1, -0.05) is 25.0 Å². The molecule has 2 heteroatoms. The summed E-state index contributed by atoms with van der Waals surface area (Å²) in [7, 11) is 0. The molecule has 0 N–H and O–H groups in total. The Balaban J connectivity index is 1.74. The lowest BCUT2D eigenvalue weighted by atomic mass is 9.53. The molecule has 4 rings (SSSR count). The molecule has 2 nitrogen and oxygen atoms in total. The van der Waals surface area contributed by atoms with E-state index in [1.54, 1.807) is 11.1 Å². The third kappa shape index (κ3) is 1.77. The van der Waals surface area contributed by atoms with Gasteiger partial charge in [-0.3, -0.25) is 9.59 Å². The summed E-state index contributed by atoms with van der Waals surface area (Å²) in [6, 6.07) is 0. The highest BCUT2D eigenvalue weighted by Crippen LogP contribution is 2.61. The van der Waals surface area contributed by atoms with Crippen LogP contribution in [-0.2, 0) is 9.59 Å². The maximum atomic E-state index is 12.3. The number of fused-ring (bicyclic) bond motifs is 4. The van der Waals surface area contributed by atoms with Crippen LogP contribution in [-0.4, -0.2) is 11.6 Å². The van der Waals surface area contributed by atoms with Gasteiger partial charge in [0.25, 0.3) is 0 Å². The lowest BCUT2D eigenvalue weighted by Gasteiger charge is -2.51. The summed E-state index contributed by atoms with van der Waals surface area (Å²) in [4.78, 5) is 24.2. The number of ketones is 2. The summed E-state index contributed by atoms with van der Waals surface area (Å²) in [5, 5.41) is 0. The van der Waals surface area contributed by atoms with Crippen LogP contribution in [0.5, 0.6) is 0 Å². The minimum absolute atomic E-state index is 0.0585. The Morgan fingerprint density at radius 3 is 2.33 bits per heavy atom. The quantitative estimate of drug-likeness (QED) is 0.624. The Morgan fingerprint density at radius 1 is 0.857 bits per heavy atom. The van der Waals surface area contributed by atoms with Crippen molar-refractivity contribution in [3.05, 3.63) is 11.1 Å². The molecule has 4 aliphatic rings. The van der Waals surface area contributed by atoms with Crippen molar-refractivity contribution in [1.82, 2.24) is 0 Å². The number of hydrogen-bond acceptors (Lipinski definition) is 2. The van der Waals surface area contributed by atoms with E-state index in [2.05, 4.69) is 13.8 Å². The van der Waals surface area contributed by atoms with Gasteiger partial charge >= 0.3 is 0 Å². The third-order valence-corrected chi connectivity index (χ3v) is 7.35. The first-order valence-corrected chi connectivity index (χ1v) is 8.71. The van der Waals surface area contributed by atoms with Crippen LogP contribution in [0.3, 0.4) is 0 Å². The van der Waals surface area contributed by atoms with Crippen LogP contribution in [0.25, 0.3) is 0 Å². The van der Waals surface area contributed by atoms with Crippen molar-refractivity contribution >= 4 is 11.6 Å². The maximum absolute atomic E-state index is 12.3. The van der Waals surface area contributed by atoms with Gasteiger partial charge in [0, 0.05) is 24.7 Å².